The van der Waals surface area contributed by atoms with Crippen LogP contribution in [0.1, 0.15) is 37.2 Å². The standard InChI is InChI=1S/C14H15F3/c15-8-7-10-1-3-11(4-2-10)12-5-6-13(16)14(17)9-12/h5-11H,1-4H2. The fraction of sp³-hybridized carbons (Fsp3) is 0.429. The predicted molar refractivity (Wildman–Crippen MR) is 61.3 cm³/mol. The molecule has 0 nitrogen and oxygen atoms in total. The van der Waals surface area contributed by atoms with Crippen LogP contribution in [0.3, 0.4) is 0 Å². The van der Waals surface area contributed by atoms with Crippen LogP contribution >= 0.6 is 0 Å². The lowest BCUT2D eigenvalue weighted by molar-refractivity contribution is 0.372. The van der Waals surface area contributed by atoms with Crippen molar-refractivity contribution < 1.29 is 13.2 Å². The van der Waals surface area contributed by atoms with Gasteiger partial charge in [-0.25, -0.2) is 13.2 Å². The summed E-state index contributed by atoms with van der Waals surface area (Å²) < 4.78 is 37.9. The van der Waals surface area contributed by atoms with Crippen LogP contribution in [0, 0.1) is 17.6 Å². The lowest BCUT2D eigenvalue weighted by atomic mass is 9.79. The Morgan fingerprint density at radius 2 is 1.71 bits per heavy atom. The molecule has 1 aliphatic carbocycles. The Labute approximate surface area is 99.2 Å². The second kappa shape index (κ2) is 5.39. The third-order valence-corrected chi connectivity index (χ3v) is 3.53. The molecule has 1 fully saturated rings. The molecule has 0 saturated heterocycles. The first-order valence-electron chi connectivity index (χ1n) is 5.92. The molecule has 1 aromatic rings. The molecule has 0 heterocycles. The Morgan fingerprint density at radius 1 is 1.00 bits per heavy atom. The average Bonchev–Trinajstić information content (AvgIpc) is 2.34. The zero-order valence-electron chi connectivity index (χ0n) is 9.50. The highest BCUT2D eigenvalue weighted by Crippen LogP contribution is 2.36. The van der Waals surface area contributed by atoms with Gasteiger partial charge >= 0.3 is 0 Å². The Kier molecular flexibility index (Phi) is 3.87. The van der Waals surface area contributed by atoms with Crippen molar-refractivity contribution in [2.75, 3.05) is 0 Å². The third-order valence-electron chi connectivity index (χ3n) is 3.53. The minimum Gasteiger partial charge on any atom is -0.216 e. The van der Waals surface area contributed by atoms with E-state index >= 15 is 0 Å². The molecular weight excluding hydrogens is 225 g/mol. The summed E-state index contributed by atoms with van der Waals surface area (Å²) in [6.07, 6.45) is 5.80. The summed E-state index contributed by atoms with van der Waals surface area (Å²) in [5, 5.41) is 0. The minimum absolute atomic E-state index is 0.273. The number of rotatable bonds is 2. The highest BCUT2D eigenvalue weighted by molar-refractivity contribution is 5.22. The molecule has 0 atom stereocenters. The first-order chi connectivity index (χ1) is 8.20. The fourth-order valence-corrected chi connectivity index (χ4v) is 2.51. The highest BCUT2D eigenvalue weighted by Gasteiger charge is 2.21. The van der Waals surface area contributed by atoms with Crippen molar-refractivity contribution >= 4 is 0 Å². The molecule has 17 heavy (non-hydrogen) atoms. The van der Waals surface area contributed by atoms with E-state index in [2.05, 4.69) is 0 Å². The monoisotopic (exact) mass is 240 g/mol. The first-order valence-corrected chi connectivity index (χ1v) is 5.92. The van der Waals surface area contributed by atoms with Gasteiger partial charge in [0.25, 0.3) is 0 Å². The van der Waals surface area contributed by atoms with Crippen LogP contribution in [0.2, 0.25) is 0 Å². The zero-order valence-corrected chi connectivity index (χ0v) is 9.50. The Morgan fingerprint density at radius 3 is 2.29 bits per heavy atom. The van der Waals surface area contributed by atoms with Crippen LogP contribution in [0.15, 0.2) is 30.6 Å². The van der Waals surface area contributed by atoms with Crippen molar-refractivity contribution in [3.63, 3.8) is 0 Å². The molecule has 0 spiro atoms. The fourth-order valence-electron chi connectivity index (χ4n) is 2.51. The molecule has 0 radical (unpaired) electrons. The van der Waals surface area contributed by atoms with Crippen LogP contribution in [-0.2, 0) is 0 Å². The minimum atomic E-state index is -0.803. The van der Waals surface area contributed by atoms with E-state index in [4.69, 9.17) is 0 Å². The summed E-state index contributed by atoms with van der Waals surface area (Å²) >= 11 is 0. The van der Waals surface area contributed by atoms with E-state index in [1.807, 2.05) is 0 Å². The lowest BCUT2D eigenvalue weighted by Gasteiger charge is -2.26. The predicted octanol–water partition coefficient (Wildman–Crippen LogP) is 4.72. The lowest BCUT2D eigenvalue weighted by Crippen LogP contribution is -2.12. The summed E-state index contributed by atoms with van der Waals surface area (Å²) in [5.41, 5.74) is 0.853. The van der Waals surface area contributed by atoms with Crippen LogP contribution in [-0.4, -0.2) is 0 Å². The number of hydrogen-bond acceptors (Lipinski definition) is 0. The molecule has 0 unspecified atom stereocenters. The number of allylic oxidation sites excluding steroid dienone is 1. The van der Waals surface area contributed by atoms with E-state index in [0.29, 0.717) is 12.2 Å². The normalized spacial score (nSPS) is 25.4. The second-order valence-electron chi connectivity index (χ2n) is 4.60. The van der Waals surface area contributed by atoms with E-state index in [1.54, 1.807) is 12.1 Å². The van der Waals surface area contributed by atoms with Gasteiger partial charge in [-0.3, -0.25) is 0 Å². The summed E-state index contributed by atoms with van der Waals surface area (Å²) in [4.78, 5) is 0. The maximum atomic E-state index is 13.1. The average molecular weight is 240 g/mol. The molecule has 1 saturated carbocycles. The van der Waals surface area contributed by atoms with Crippen molar-refractivity contribution in [1.82, 2.24) is 0 Å². The molecule has 1 aliphatic rings. The number of halogens is 3. The quantitative estimate of drug-likeness (QED) is 0.701. The summed E-state index contributed by atoms with van der Waals surface area (Å²) in [6.45, 7) is 0. The molecular formula is C14H15F3. The first kappa shape index (κ1) is 12.2. The van der Waals surface area contributed by atoms with E-state index < -0.39 is 11.6 Å². The molecule has 0 aliphatic heterocycles. The van der Waals surface area contributed by atoms with E-state index in [1.165, 1.54) is 12.1 Å². The third kappa shape index (κ3) is 2.90. The van der Waals surface area contributed by atoms with Crippen molar-refractivity contribution in [2.45, 2.75) is 31.6 Å². The van der Waals surface area contributed by atoms with Crippen LogP contribution in [0.25, 0.3) is 0 Å². The number of benzene rings is 1. The van der Waals surface area contributed by atoms with Crippen molar-refractivity contribution in [1.29, 1.82) is 0 Å². The molecule has 1 aromatic carbocycles. The molecule has 2 rings (SSSR count). The van der Waals surface area contributed by atoms with Gasteiger partial charge in [0.05, 0.1) is 6.33 Å². The second-order valence-corrected chi connectivity index (χ2v) is 4.60. The van der Waals surface area contributed by atoms with Crippen LogP contribution < -0.4 is 0 Å². The van der Waals surface area contributed by atoms with E-state index in [9.17, 15) is 13.2 Å². The van der Waals surface area contributed by atoms with Gasteiger partial charge in [0, 0.05) is 0 Å². The molecule has 3 heteroatoms. The van der Waals surface area contributed by atoms with E-state index in [0.717, 1.165) is 31.2 Å². The molecule has 0 aromatic heterocycles. The summed E-state index contributed by atoms with van der Waals surface area (Å²) in [5.74, 6) is -1.02. The van der Waals surface area contributed by atoms with Crippen LogP contribution in [0.4, 0.5) is 13.2 Å². The van der Waals surface area contributed by atoms with Gasteiger partial charge in [0.15, 0.2) is 11.6 Å². The van der Waals surface area contributed by atoms with Gasteiger partial charge in [-0.05, 0) is 55.2 Å². The van der Waals surface area contributed by atoms with E-state index in [-0.39, 0.29) is 5.92 Å². The molecule has 0 bridgehead atoms. The smallest absolute Gasteiger partial charge is 0.159 e. The Bertz CT molecular complexity index is 404. The van der Waals surface area contributed by atoms with Gasteiger partial charge in [-0.1, -0.05) is 12.1 Å². The zero-order chi connectivity index (χ0) is 12.3. The van der Waals surface area contributed by atoms with Crippen molar-refractivity contribution in [3.8, 4) is 0 Å². The van der Waals surface area contributed by atoms with Gasteiger partial charge in [-0.15, -0.1) is 0 Å². The summed E-state index contributed by atoms with van der Waals surface area (Å²) in [6, 6.07) is 4.11. The Balaban J connectivity index is 2.02. The van der Waals surface area contributed by atoms with Gasteiger partial charge < -0.3 is 0 Å². The topological polar surface area (TPSA) is 0 Å². The van der Waals surface area contributed by atoms with Gasteiger partial charge in [0.1, 0.15) is 0 Å². The molecule has 0 amide bonds. The number of hydrogen-bond donors (Lipinski definition) is 0. The largest absolute Gasteiger partial charge is 0.216 e. The Hall–Kier alpha value is -1.25. The van der Waals surface area contributed by atoms with Crippen molar-refractivity contribution in [2.24, 2.45) is 5.92 Å². The van der Waals surface area contributed by atoms with Crippen LogP contribution in [0.5, 0.6) is 0 Å². The summed E-state index contributed by atoms with van der Waals surface area (Å²) in [7, 11) is 0. The molecule has 92 valence electrons. The maximum Gasteiger partial charge on any atom is 0.159 e. The highest BCUT2D eigenvalue weighted by atomic mass is 19.2. The van der Waals surface area contributed by atoms with Crippen molar-refractivity contribution in [3.05, 3.63) is 47.8 Å². The van der Waals surface area contributed by atoms with Gasteiger partial charge in [0.2, 0.25) is 0 Å². The maximum absolute atomic E-state index is 13.1. The molecule has 0 N–H and O–H groups in total. The van der Waals surface area contributed by atoms with Gasteiger partial charge in [-0.2, -0.15) is 0 Å². The SMILES string of the molecule is FC=CC1CCC(c2ccc(F)c(F)c2)CC1.